The molecule has 6 heteroatoms. The largest absolute Gasteiger partial charge is 0.394 e. The van der Waals surface area contributed by atoms with Gasteiger partial charge in [0.15, 0.2) is 0 Å². The molecule has 1 saturated heterocycles. The van der Waals surface area contributed by atoms with Crippen molar-refractivity contribution < 1.29 is 14.6 Å². The zero-order valence-electron chi connectivity index (χ0n) is 12.4. The number of carbonyl (C=O) groups excluding carboxylic acids is 1. The lowest BCUT2D eigenvalue weighted by molar-refractivity contribution is 0.0651. The smallest absolute Gasteiger partial charge is 0.257 e. The molecule has 0 aliphatic carbocycles. The Morgan fingerprint density at radius 1 is 1.60 bits per heavy atom. The van der Waals surface area contributed by atoms with E-state index in [-0.39, 0.29) is 18.6 Å². The third-order valence-corrected chi connectivity index (χ3v) is 4.06. The fourth-order valence-electron chi connectivity index (χ4n) is 2.44. The number of likely N-dealkylation sites (N-methyl/N-ethyl adjacent to an activating group) is 1. The average Bonchev–Trinajstić information content (AvgIpc) is 2.87. The molecule has 1 aliphatic heterocycles. The second kappa shape index (κ2) is 6.37. The van der Waals surface area contributed by atoms with Gasteiger partial charge in [-0.2, -0.15) is 5.10 Å². The van der Waals surface area contributed by atoms with Crippen LogP contribution in [0.25, 0.3) is 0 Å². The molecule has 0 radical (unpaired) electrons. The highest BCUT2D eigenvalue weighted by Crippen LogP contribution is 2.23. The van der Waals surface area contributed by atoms with E-state index in [1.807, 2.05) is 18.5 Å². The summed E-state index contributed by atoms with van der Waals surface area (Å²) in [6.45, 7) is 5.18. The highest BCUT2D eigenvalue weighted by molar-refractivity contribution is 5.95. The third-order valence-electron chi connectivity index (χ3n) is 4.06. The van der Waals surface area contributed by atoms with E-state index in [4.69, 9.17) is 9.84 Å². The Labute approximate surface area is 119 Å². The van der Waals surface area contributed by atoms with Crippen LogP contribution in [0, 0.1) is 6.92 Å². The molecule has 1 fully saturated rings. The Kier molecular flexibility index (Phi) is 4.77. The average molecular weight is 281 g/mol. The number of carbonyl (C=O) groups is 1. The van der Waals surface area contributed by atoms with Gasteiger partial charge in [-0.05, 0) is 26.7 Å². The summed E-state index contributed by atoms with van der Waals surface area (Å²) in [6, 6.07) is 0.110. The van der Waals surface area contributed by atoms with Crippen molar-refractivity contribution in [2.75, 3.05) is 26.9 Å². The van der Waals surface area contributed by atoms with Crippen LogP contribution in [0.5, 0.6) is 0 Å². The van der Waals surface area contributed by atoms with Crippen LogP contribution in [0.1, 0.15) is 41.9 Å². The van der Waals surface area contributed by atoms with Gasteiger partial charge < -0.3 is 14.7 Å². The highest BCUT2D eigenvalue weighted by Gasteiger charge is 2.24. The molecule has 1 atom stereocenters. The predicted molar refractivity (Wildman–Crippen MR) is 74.7 cm³/mol. The second-order valence-corrected chi connectivity index (χ2v) is 5.38. The van der Waals surface area contributed by atoms with Crippen LogP contribution < -0.4 is 0 Å². The lowest BCUT2D eigenvalue weighted by Crippen LogP contribution is -2.37. The van der Waals surface area contributed by atoms with Gasteiger partial charge in [0.2, 0.25) is 0 Å². The molecule has 0 saturated carbocycles. The van der Waals surface area contributed by atoms with Gasteiger partial charge >= 0.3 is 0 Å². The SMILES string of the molecule is Cc1c(C(=O)N(C)C(C)CO)cnn1C1CCOCC1. The molecule has 6 nitrogen and oxygen atoms in total. The maximum absolute atomic E-state index is 12.4. The van der Waals surface area contributed by atoms with Gasteiger partial charge in [0.05, 0.1) is 30.5 Å². The number of hydrogen-bond donors (Lipinski definition) is 1. The molecule has 1 unspecified atom stereocenters. The number of aliphatic hydroxyl groups excluding tert-OH is 1. The Balaban J connectivity index is 2.17. The van der Waals surface area contributed by atoms with Gasteiger partial charge in [-0.25, -0.2) is 0 Å². The first-order valence-corrected chi connectivity index (χ1v) is 7.06. The number of nitrogens with zero attached hydrogens (tertiary/aromatic N) is 3. The fourth-order valence-corrected chi connectivity index (χ4v) is 2.44. The van der Waals surface area contributed by atoms with Crippen LogP contribution in [-0.2, 0) is 4.74 Å². The van der Waals surface area contributed by atoms with Crippen LogP contribution in [0.3, 0.4) is 0 Å². The molecule has 2 heterocycles. The van der Waals surface area contributed by atoms with Crippen molar-refractivity contribution in [3.8, 4) is 0 Å². The Bertz CT molecular complexity index is 466. The van der Waals surface area contributed by atoms with E-state index in [0.29, 0.717) is 11.6 Å². The Morgan fingerprint density at radius 3 is 2.85 bits per heavy atom. The molecule has 2 rings (SSSR count). The first-order valence-electron chi connectivity index (χ1n) is 7.06. The van der Waals surface area contributed by atoms with Crippen LogP contribution in [0.4, 0.5) is 0 Å². The summed E-state index contributed by atoms with van der Waals surface area (Å²) in [5, 5.41) is 13.5. The molecule has 112 valence electrons. The molecule has 0 spiro atoms. The monoisotopic (exact) mass is 281 g/mol. The zero-order chi connectivity index (χ0) is 14.7. The van der Waals surface area contributed by atoms with Crippen molar-refractivity contribution in [2.45, 2.75) is 38.8 Å². The topological polar surface area (TPSA) is 67.6 Å². The van der Waals surface area contributed by atoms with Crippen molar-refractivity contribution >= 4 is 5.91 Å². The molecule has 1 aliphatic rings. The van der Waals surface area contributed by atoms with E-state index in [0.717, 1.165) is 31.7 Å². The van der Waals surface area contributed by atoms with Gasteiger partial charge in [-0.3, -0.25) is 9.48 Å². The van der Waals surface area contributed by atoms with Gasteiger partial charge in [0, 0.05) is 26.0 Å². The van der Waals surface area contributed by atoms with Crippen molar-refractivity contribution in [1.82, 2.24) is 14.7 Å². The van der Waals surface area contributed by atoms with Gasteiger partial charge in [-0.1, -0.05) is 0 Å². The Morgan fingerprint density at radius 2 is 2.25 bits per heavy atom. The third kappa shape index (κ3) is 2.86. The van der Waals surface area contributed by atoms with E-state index in [9.17, 15) is 4.79 Å². The minimum absolute atomic E-state index is 0.0462. The molecule has 0 aromatic carbocycles. The van der Waals surface area contributed by atoms with Crippen LogP contribution in [0.15, 0.2) is 6.20 Å². The summed E-state index contributed by atoms with van der Waals surface area (Å²) in [6.07, 6.45) is 3.49. The second-order valence-electron chi connectivity index (χ2n) is 5.38. The highest BCUT2D eigenvalue weighted by atomic mass is 16.5. The van der Waals surface area contributed by atoms with E-state index in [2.05, 4.69) is 5.10 Å². The standard InChI is InChI=1S/C14H23N3O3/c1-10(9-18)16(3)14(19)13-8-15-17(11(13)2)12-4-6-20-7-5-12/h8,10,12,18H,4-7,9H2,1-3H3. The first-order chi connectivity index (χ1) is 9.56. The van der Waals surface area contributed by atoms with Crippen LogP contribution in [0.2, 0.25) is 0 Å². The molecule has 1 amide bonds. The van der Waals surface area contributed by atoms with Gasteiger partial charge in [0.25, 0.3) is 5.91 Å². The lowest BCUT2D eigenvalue weighted by Gasteiger charge is -2.25. The molecule has 1 N–H and O–H groups in total. The normalized spacial score (nSPS) is 18.0. The summed E-state index contributed by atoms with van der Waals surface area (Å²) in [5.41, 5.74) is 1.50. The van der Waals surface area contributed by atoms with Gasteiger partial charge in [-0.15, -0.1) is 0 Å². The molecule has 0 bridgehead atoms. The first kappa shape index (κ1) is 15.0. The molecular weight excluding hydrogens is 258 g/mol. The maximum Gasteiger partial charge on any atom is 0.257 e. The number of hydrogen-bond acceptors (Lipinski definition) is 4. The van der Waals surface area contributed by atoms with E-state index >= 15 is 0 Å². The minimum atomic E-state index is -0.201. The van der Waals surface area contributed by atoms with Crippen molar-refractivity contribution in [1.29, 1.82) is 0 Å². The summed E-state index contributed by atoms with van der Waals surface area (Å²) < 4.78 is 7.29. The maximum atomic E-state index is 12.4. The number of aliphatic hydroxyl groups is 1. The van der Waals surface area contributed by atoms with Crippen LogP contribution in [-0.4, -0.2) is 58.6 Å². The lowest BCUT2D eigenvalue weighted by atomic mass is 10.1. The van der Waals surface area contributed by atoms with Crippen LogP contribution >= 0.6 is 0 Å². The number of rotatable bonds is 4. The summed E-state index contributed by atoms with van der Waals surface area (Å²) >= 11 is 0. The van der Waals surface area contributed by atoms with Gasteiger partial charge in [0.1, 0.15) is 0 Å². The van der Waals surface area contributed by atoms with Crippen molar-refractivity contribution in [2.24, 2.45) is 0 Å². The molecule has 1 aromatic rings. The summed E-state index contributed by atoms with van der Waals surface area (Å²) in [5.74, 6) is -0.0950. The van der Waals surface area contributed by atoms with E-state index in [1.165, 1.54) is 0 Å². The molecule has 1 aromatic heterocycles. The number of ether oxygens (including phenoxy) is 1. The zero-order valence-corrected chi connectivity index (χ0v) is 12.4. The fraction of sp³-hybridized carbons (Fsp3) is 0.714. The summed E-state index contributed by atoms with van der Waals surface area (Å²) in [7, 11) is 1.70. The molecule has 20 heavy (non-hydrogen) atoms. The number of amides is 1. The number of aromatic nitrogens is 2. The summed E-state index contributed by atoms with van der Waals surface area (Å²) in [4.78, 5) is 14.0. The quantitative estimate of drug-likeness (QED) is 0.894. The predicted octanol–water partition coefficient (Wildman–Crippen LogP) is 0.996. The van der Waals surface area contributed by atoms with E-state index < -0.39 is 0 Å². The van der Waals surface area contributed by atoms with Crippen molar-refractivity contribution in [3.05, 3.63) is 17.5 Å². The Hall–Kier alpha value is -1.40. The van der Waals surface area contributed by atoms with Crippen molar-refractivity contribution in [3.63, 3.8) is 0 Å². The minimum Gasteiger partial charge on any atom is -0.394 e. The molecular formula is C14H23N3O3. The van der Waals surface area contributed by atoms with E-state index in [1.54, 1.807) is 18.1 Å².